The third-order valence-electron chi connectivity index (χ3n) is 6.97. The van der Waals surface area contributed by atoms with Crippen LogP contribution < -0.4 is 4.74 Å². The van der Waals surface area contributed by atoms with Gasteiger partial charge in [0.05, 0.1) is 28.6 Å². The van der Waals surface area contributed by atoms with Crippen LogP contribution in [0.4, 0.5) is 4.39 Å². The van der Waals surface area contributed by atoms with E-state index in [2.05, 4.69) is 0 Å². The first-order valence-corrected chi connectivity index (χ1v) is 13.7. The Bertz CT molecular complexity index is 1550. The summed E-state index contributed by atoms with van der Waals surface area (Å²) >= 11 is 0. The number of carbonyl (C=O) groups is 1. The van der Waals surface area contributed by atoms with Gasteiger partial charge in [-0.15, -0.1) is 0 Å². The molecule has 0 bridgehead atoms. The fourth-order valence-electron chi connectivity index (χ4n) is 5.17. The summed E-state index contributed by atoms with van der Waals surface area (Å²) in [6.07, 6.45) is 0.403. The highest BCUT2D eigenvalue weighted by molar-refractivity contribution is 7.89. The van der Waals surface area contributed by atoms with Crippen LogP contribution in [0.15, 0.2) is 77.7 Å². The van der Waals surface area contributed by atoms with E-state index in [1.165, 1.54) is 28.6 Å². The predicted molar refractivity (Wildman–Crippen MR) is 140 cm³/mol. The number of ether oxygens (including phenoxy) is 1. The van der Waals surface area contributed by atoms with E-state index < -0.39 is 22.9 Å². The largest absolute Gasteiger partial charge is 0.481 e. The van der Waals surface area contributed by atoms with Crippen molar-refractivity contribution in [3.05, 3.63) is 89.6 Å². The molecule has 198 valence electrons. The highest BCUT2D eigenvalue weighted by atomic mass is 32.2. The van der Waals surface area contributed by atoms with Crippen LogP contribution >= 0.6 is 0 Å². The molecule has 10 heteroatoms. The lowest BCUT2D eigenvalue weighted by atomic mass is 9.95. The summed E-state index contributed by atoms with van der Waals surface area (Å²) in [5, 5.41) is 15.0. The summed E-state index contributed by atoms with van der Waals surface area (Å²) in [6.45, 7) is 1.39. The number of halogens is 1. The van der Waals surface area contributed by atoms with Gasteiger partial charge in [0.15, 0.2) is 0 Å². The maximum absolute atomic E-state index is 13.6. The quantitative estimate of drug-likeness (QED) is 0.340. The van der Waals surface area contributed by atoms with Gasteiger partial charge in [0.1, 0.15) is 5.75 Å². The number of benzene rings is 3. The molecule has 2 heterocycles. The average molecular weight is 538 g/mol. The molecule has 0 saturated carbocycles. The number of hydrogen-bond acceptors (Lipinski definition) is 5. The number of fused-ring (bicyclic) bond motifs is 1. The first-order chi connectivity index (χ1) is 18.3. The first-order valence-electron chi connectivity index (χ1n) is 12.3. The average Bonchev–Trinajstić information content (AvgIpc) is 3.46. The zero-order valence-electron chi connectivity index (χ0n) is 20.8. The van der Waals surface area contributed by atoms with E-state index in [1.807, 2.05) is 60.1 Å². The van der Waals surface area contributed by atoms with Gasteiger partial charge < -0.3 is 9.84 Å². The molecule has 2 atom stereocenters. The van der Waals surface area contributed by atoms with E-state index >= 15 is 0 Å². The van der Waals surface area contributed by atoms with E-state index in [0.29, 0.717) is 12.1 Å². The lowest BCUT2D eigenvalue weighted by molar-refractivity contribution is -0.136. The summed E-state index contributed by atoms with van der Waals surface area (Å²) in [5.74, 6) is -0.838. The minimum absolute atomic E-state index is 0.0929. The molecule has 1 fully saturated rings. The molecule has 0 radical (unpaired) electrons. The Morgan fingerprint density at radius 3 is 2.50 bits per heavy atom. The Kier molecular flexibility index (Phi) is 7.18. The Hall–Kier alpha value is -3.76. The van der Waals surface area contributed by atoms with Crippen molar-refractivity contribution < 1.29 is 27.4 Å². The normalized spacial score (nSPS) is 18.2. The second-order valence-corrected chi connectivity index (χ2v) is 11.5. The van der Waals surface area contributed by atoms with Crippen LogP contribution in [0, 0.1) is 12.8 Å². The number of alkyl halides is 1. The summed E-state index contributed by atoms with van der Waals surface area (Å²) in [5.41, 5.74) is 3.30. The lowest BCUT2D eigenvalue weighted by Crippen LogP contribution is -2.29. The van der Waals surface area contributed by atoms with Gasteiger partial charge in [-0.05, 0) is 55.3 Å². The van der Waals surface area contributed by atoms with Crippen LogP contribution in [0.3, 0.4) is 0 Å². The lowest BCUT2D eigenvalue weighted by Gasteiger charge is -2.20. The Morgan fingerprint density at radius 1 is 1.08 bits per heavy atom. The number of rotatable bonds is 9. The third-order valence-corrected chi connectivity index (χ3v) is 8.81. The molecule has 1 aliphatic rings. The minimum Gasteiger partial charge on any atom is -0.481 e. The summed E-state index contributed by atoms with van der Waals surface area (Å²) < 4.78 is 47.9. The molecule has 0 amide bonds. The number of carboxylic acid groups (broad SMARTS) is 1. The summed E-state index contributed by atoms with van der Waals surface area (Å²) in [6, 6.07) is 21.0. The monoisotopic (exact) mass is 537 g/mol. The van der Waals surface area contributed by atoms with Crippen LogP contribution in [0.25, 0.3) is 10.9 Å². The van der Waals surface area contributed by atoms with E-state index in [4.69, 9.17) is 9.84 Å². The molecule has 4 aromatic rings. The minimum atomic E-state index is -3.86. The number of aliphatic carboxylic acids is 1. The fraction of sp³-hybridized carbons (Fsp3) is 0.286. The first kappa shape index (κ1) is 25.9. The highest BCUT2D eigenvalue weighted by Gasteiger charge is 2.41. The maximum Gasteiger partial charge on any atom is 0.309 e. The van der Waals surface area contributed by atoms with E-state index in [-0.39, 0.29) is 42.1 Å². The molecule has 38 heavy (non-hydrogen) atoms. The summed E-state index contributed by atoms with van der Waals surface area (Å²) in [4.78, 5) is 11.7. The van der Waals surface area contributed by atoms with E-state index in [1.54, 1.807) is 0 Å². The van der Waals surface area contributed by atoms with Crippen molar-refractivity contribution in [2.75, 3.05) is 20.0 Å². The van der Waals surface area contributed by atoms with Crippen molar-refractivity contribution in [2.45, 2.75) is 30.7 Å². The molecular formula is C28H28FN3O5S. The van der Waals surface area contributed by atoms with Gasteiger partial charge in [-0.1, -0.05) is 42.0 Å². The molecule has 0 aliphatic carbocycles. The highest BCUT2D eigenvalue weighted by Crippen LogP contribution is 2.37. The number of aryl methyl sites for hydroxylation is 1. The molecule has 1 N–H and O–H groups in total. The zero-order valence-corrected chi connectivity index (χ0v) is 21.6. The topological polar surface area (TPSA) is 102 Å². The SMILES string of the molecule is Cc1ccc2c(c1)c(CC(=O)O)nn2[C@H]1CN(S(=O)(=O)c2ccc(OCF)cc2)C[C@H]1Cc1ccccc1. The number of carboxylic acids is 1. The molecule has 1 aliphatic heterocycles. The fourth-order valence-corrected chi connectivity index (χ4v) is 6.69. The maximum atomic E-state index is 13.6. The van der Waals surface area contributed by atoms with E-state index in [9.17, 15) is 22.7 Å². The van der Waals surface area contributed by atoms with Crippen LogP contribution in [-0.4, -0.2) is 53.5 Å². The van der Waals surface area contributed by atoms with Gasteiger partial charge in [-0.3, -0.25) is 9.48 Å². The van der Waals surface area contributed by atoms with Crippen molar-refractivity contribution in [3.8, 4) is 5.75 Å². The van der Waals surface area contributed by atoms with Crippen molar-refractivity contribution in [3.63, 3.8) is 0 Å². The van der Waals surface area contributed by atoms with Gasteiger partial charge in [0.25, 0.3) is 0 Å². The molecule has 3 aromatic carbocycles. The predicted octanol–water partition coefficient (Wildman–Crippen LogP) is 4.38. The summed E-state index contributed by atoms with van der Waals surface area (Å²) in [7, 11) is -3.86. The second-order valence-electron chi connectivity index (χ2n) is 9.55. The third kappa shape index (κ3) is 5.14. The van der Waals surface area contributed by atoms with E-state index in [0.717, 1.165) is 22.0 Å². The Balaban J connectivity index is 1.54. The van der Waals surface area contributed by atoms with Crippen molar-refractivity contribution in [1.82, 2.24) is 14.1 Å². The van der Waals surface area contributed by atoms with Gasteiger partial charge in [-0.25, -0.2) is 12.8 Å². The van der Waals surface area contributed by atoms with Crippen molar-refractivity contribution >= 4 is 26.9 Å². The van der Waals surface area contributed by atoms with Crippen molar-refractivity contribution in [1.29, 1.82) is 0 Å². The molecule has 0 unspecified atom stereocenters. The molecule has 1 saturated heterocycles. The van der Waals surface area contributed by atoms with Gasteiger partial charge in [0.2, 0.25) is 16.9 Å². The molecule has 0 spiro atoms. The standard InChI is InChI=1S/C28H28FN3O5S/c1-19-7-12-26-24(13-19)25(15-28(33)34)30-32(26)27-17-31(16-21(27)14-20-5-3-2-4-6-20)38(35,36)23-10-8-22(9-11-23)37-18-29/h2-13,21,27H,14-18H2,1H3,(H,33,34)/t21-,27+/m1/s1. The molecule has 5 rings (SSSR count). The zero-order chi connectivity index (χ0) is 26.9. The molecule has 1 aromatic heterocycles. The molecular weight excluding hydrogens is 509 g/mol. The van der Waals surface area contributed by atoms with Crippen molar-refractivity contribution in [2.24, 2.45) is 5.92 Å². The van der Waals surface area contributed by atoms with Crippen LogP contribution in [0.5, 0.6) is 5.75 Å². The second kappa shape index (κ2) is 10.5. The van der Waals surface area contributed by atoms with Crippen LogP contribution in [-0.2, 0) is 27.7 Å². The van der Waals surface area contributed by atoms with Crippen LogP contribution in [0.1, 0.15) is 22.9 Å². The number of hydrogen-bond donors (Lipinski definition) is 1. The van der Waals surface area contributed by atoms with Gasteiger partial charge in [-0.2, -0.15) is 9.40 Å². The van der Waals surface area contributed by atoms with Gasteiger partial charge >= 0.3 is 5.97 Å². The number of aromatic nitrogens is 2. The Labute approximate surface area is 220 Å². The smallest absolute Gasteiger partial charge is 0.309 e. The van der Waals surface area contributed by atoms with Crippen LogP contribution in [0.2, 0.25) is 0 Å². The Morgan fingerprint density at radius 2 is 1.82 bits per heavy atom. The molecule has 8 nitrogen and oxygen atoms in total. The van der Waals surface area contributed by atoms with Gasteiger partial charge in [0, 0.05) is 24.4 Å². The number of nitrogens with zero attached hydrogens (tertiary/aromatic N) is 3. The number of sulfonamides is 1.